The number of nitro groups is 2. The van der Waals surface area contributed by atoms with Crippen molar-refractivity contribution >= 4 is 11.4 Å². The summed E-state index contributed by atoms with van der Waals surface area (Å²) < 4.78 is 9.49. The van der Waals surface area contributed by atoms with Gasteiger partial charge in [0.05, 0.1) is 30.1 Å². The number of hydrogen-bond acceptors (Lipinski definition) is 6. The van der Waals surface area contributed by atoms with Crippen LogP contribution in [0.1, 0.15) is 0 Å². The van der Waals surface area contributed by atoms with E-state index in [1.807, 2.05) is 0 Å². The second-order valence-corrected chi connectivity index (χ2v) is 2.71. The minimum atomic E-state index is -0.865. The quantitative estimate of drug-likeness (QED) is 0.571. The topological polar surface area (TPSA) is 105 Å². The lowest BCUT2D eigenvalue weighted by atomic mass is 10.2. The molecule has 0 radical (unpaired) electrons. The van der Waals surface area contributed by atoms with Gasteiger partial charge in [-0.15, -0.1) is 0 Å². The fraction of sp³-hybridized carbons (Fsp3) is 0.250. The van der Waals surface area contributed by atoms with E-state index in [-0.39, 0.29) is 11.5 Å². The van der Waals surface area contributed by atoms with E-state index >= 15 is 0 Å². The molecule has 0 aliphatic rings. The lowest BCUT2D eigenvalue weighted by molar-refractivity contribution is -0.423. The molecule has 0 atom stereocenters. The van der Waals surface area contributed by atoms with Crippen LogP contribution in [-0.4, -0.2) is 24.1 Å². The van der Waals surface area contributed by atoms with Crippen molar-refractivity contribution in [1.82, 2.24) is 0 Å². The van der Waals surface area contributed by atoms with Crippen LogP contribution >= 0.6 is 0 Å². The maximum absolute atomic E-state index is 10.7. The van der Waals surface area contributed by atoms with E-state index in [9.17, 15) is 20.2 Å². The molecule has 0 aliphatic carbocycles. The lowest BCUT2D eigenvalue weighted by Gasteiger charge is -2.04. The highest BCUT2D eigenvalue weighted by atomic mass is 16.6. The van der Waals surface area contributed by atoms with Gasteiger partial charge in [-0.1, -0.05) is 0 Å². The summed E-state index contributed by atoms with van der Waals surface area (Å²) >= 11 is 0. The summed E-state index contributed by atoms with van der Waals surface area (Å²) in [4.78, 5) is 19.6. The van der Waals surface area contributed by atoms with Gasteiger partial charge < -0.3 is 9.47 Å². The third-order valence-electron chi connectivity index (χ3n) is 1.86. The highest BCUT2D eigenvalue weighted by Gasteiger charge is 2.31. The largest absolute Gasteiger partial charge is 0.496 e. The van der Waals surface area contributed by atoms with Crippen LogP contribution in [0.15, 0.2) is 12.1 Å². The van der Waals surface area contributed by atoms with Crippen LogP contribution in [0.3, 0.4) is 0 Å². The van der Waals surface area contributed by atoms with Gasteiger partial charge in [-0.05, 0) is 0 Å². The molecule has 0 spiro atoms. The Balaban J connectivity index is 3.53. The molecule has 0 aliphatic heterocycles. The molecule has 0 heterocycles. The Kier molecular flexibility index (Phi) is 3.24. The number of methoxy groups -OCH3 is 2. The number of nitro benzene ring substituents is 2. The molecule has 0 aromatic heterocycles. The number of ether oxygens (including phenoxy) is 2. The summed E-state index contributed by atoms with van der Waals surface area (Å²) in [6.45, 7) is 0. The van der Waals surface area contributed by atoms with Gasteiger partial charge in [-0.3, -0.25) is 20.2 Å². The standard InChI is InChI=1S/C8H8N2O6/c1-15-5-3-6(9(11)12)8(10(13)14)7(4-5)16-2/h3-4H,1-2H3. The predicted octanol–water partition coefficient (Wildman–Crippen LogP) is 1.52. The average molecular weight is 228 g/mol. The summed E-state index contributed by atoms with van der Waals surface area (Å²) in [6, 6.07) is 2.19. The summed E-state index contributed by atoms with van der Waals surface area (Å²) in [5, 5.41) is 21.3. The van der Waals surface area contributed by atoms with Crippen LogP contribution < -0.4 is 9.47 Å². The van der Waals surface area contributed by atoms with Crippen LogP contribution in [0.5, 0.6) is 11.5 Å². The van der Waals surface area contributed by atoms with Crippen LogP contribution in [0.25, 0.3) is 0 Å². The highest BCUT2D eigenvalue weighted by molar-refractivity contribution is 5.65. The molecule has 8 nitrogen and oxygen atoms in total. The molecule has 0 amide bonds. The molecule has 0 saturated carbocycles. The zero-order valence-electron chi connectivity index (χ0n) is 8.50. The Labute approximate surface area is 89.7 Å². The van der Waals surface area contributed by atoms with Crippen LogP contribution in [0.4, 0.5) is 11.4 Å². The molecule has 8 heteroatoms. The van der Waals surface area contributed by atoms with E-state index in [0.717, 1.165) is 6.07 Å². The second-order valence-electron chi connectivity index (χ2n) is 2.71. The molecule has 1 aromatic carbocycles. The van der Waals surface area contributed by atoms with Crippen LogP contribution in [-0.2, 0) is 0 Å². The van der Waals surface area contributed by atoms with Crippen molar-refractivity contribution in [1.29, 1.82) is 0 Å². The third-order valence-corrected chi connectivity index (χ3v) is 1.86. The van der Waals surface area contributed by atoms with Gasteiger partial charge in [-0.25, -0.2) is 0 Å². The van der Waals surface area contributed by atoms with Gasteiger partial charge in [-0.2, -0.15) is 0 Å². The molecule has 0 unspecified atom stereocenters. The van der Waals surface area contributed by atoms with Gasteiger partial charge in [0.2, 0.25) is 5.75 Å². The van der Waals surface area contributed by atoms with Crippen LogP contribution in [0, 0.1) is 20.2 Å². The third kappa shape index (κ3) is 2.00. The zero-order valence-corrected chi connectivity index (χ0v) is 8.50. The molecule has 1 aromatic rings. The first-order valence-corrected chi connectivity index (χ1v) is 4.06. The van der Waals surface area contributed by atoms with E-state index in [4.69, 9.17) is 9.47 Å². The van der Waals surface area contributed by atoms with E-state index in [2.05, 4.69) is 0 Å². The van der Waals surface area contributed by atoms with Crippen molar-refractivity contribution in [2.45, 2.75) is 0 Å². The normalized spacial score (nSPS) is 9.62. The van der Waals surface area contributed by atoms with Crippen molar-refractivity contribution in [3.8, 4) is 11.5 Å². The van der Waals surface area contributed by atoms with E-state index in [1.165, 1.54) is 20.3 Å². The molecule has 0 fully saturated rings. The molecular weight excluding hydrogens is 220 g/mol. The second kappa shape index (κ2) is 4.43. The summed E-state index contributed by atoms with van der Waals surface area (Å²) in [5.41, 5.74) is -1.35. The SMILES string of the molecule is COc1cc(OC)c([N+](=O)[O-])c([N+](=O)[O-])c1. The Morgan fingerprint density at radius 2 is 1.69 bits per heavy atom. The van der Waals surface area contributed by atoms with Gasteiger partial charge in [0, 0.05) is 6.07 Å². The Morgan fingerprint density at radius 1 is 1.06 bits per heavy atom. The first kappa shape index (κ1) is 11.7. The fourth-order valence-corrected chi connectivity index (χ4v) is 1.16. The number of benzene rings is 1. The number of nitrogens with zero attached hydrogens (tertiary/aromatic N) is 2. The van der Waals surface area contributed by atoms with E-state index < -0.39 is 21.2 Å². The summed E-state index contributed by atoms with van der Waals surface area (Å²) in [6.07, 6.45) is 0. The molecule has 1 rings (SSSR count). The summed E-state index contributed by atoms with van der Waals surface area (Å²) in [7, 11) is 2.48. The zero-order chi connectivity index (χ0) is 12.3. The molecule has 0 saturated heterocycles. The molecule has 0 bridgehead atoms. The van der Waals surface area contributed by atoms with E-state index in [1.54, 1.807) is 0 Å². The smallest absolute Gasteiger partial charge is 0.387 e. The average Bonchev–Trinajstić information content (AvgIpc) is 2.26. The first-order valence-electron chi connectivity index (χ1n) is 4.06. The predicted molar refractivity (Wildman–Crippen MR) is 52.9 cm³/mol. The Morgan fingerprint density at radius 3 is 2.06 bits per heavy atom. The first-order chi connectivity index (χ1) is 7.51. The van der Waals surface area contributed by atoms with Gasteiger partial charge >= 0.3 is 11.4 Å². The van der Waals surface area contributed by atoms with Gasteiger partial charge in [0.15, 0.2) is 0 Å². The highest BCUT2D eigenvalue weighted by Crippen LogP contribution is 2.39. The van der Waals surface area contributed by atoms with E-state index in [0.29, 0.717) is 0 Å². The minimum Gasteiger partial charge on any atom is -0.496 e. The number of rotatable bonds is 4. The van der Waals surface area contributed by atoms with Gasteiger partial charge in [0.25, 0.3) is 0 Å². The van der Waals surface area contributed by atoms with Crippen LogP contribution in [0.2, 0.25) is 0 Å². The fourth-order valence-electron chi connectivity index (χ4n) is 1.16. The Hall–Kier alpha value is -2.38. The summed E-state index contributed by atoms with van der Waals surface area (Å²) in [5.74, 6) is -0.0924. The lowest BCUT2D eigenvalue weighted by Crippen LogP contribution is -2.00. The monoisotopic (exact) mass is 228 g/mol. The molecule has 16 heavy (non-hydrogen) atoms. The maximum Gasteiger partial charge on any atom is 0.387 e. The Bertz CT molecular complexity index is 444. The minimum absolute atomic E-state index is 0.120. The maximum atomic E-state index is 10.7. The molecule has 86 valence electrons. The van der Waals surface area contributed by atoms with Crippen molar-refractivity contribution in [2.24, 2.45) is 0 Å². The van der Waals surface area contributed by atoms with Crippen molar-refractivity contribution in [2.75, 3.05) is 14.2 Å². The molecule has 0 N–H and O–H groups in total. The van der Waals surface area contributed by atoms with Crippen molar-refractivity contribution in [3.63, 3.8) is 0 Å². The number of hydrogen-bond donors (Lipinski definition) is 0. The molecular formula is C8H8N2O6. The van der Waals surface area contributed by atoms with Gasteiger partial charge in [0.1, 0.15) is 5.75 Å². The van der Waals surface area contributed by atoms with Crippen molar-refractivity contribution < 1.29 is 19.3 Å². The van der Waals surface area contributed by atoms with Crippen molar-refractivity contribution in [3.05, 3.63) is 32.4 Å².